The Hall–Kier alpha value is -1.17. The van der Waals surface area contributed by atoms with Crippen molar-refractivity contribution in [1.29, 1.82) is 0 Å². The van der Waals surface area contributed by atoms with Crippen molar-refractivity contribution >= 4 is 6.16 Å². The second kappa shape index (κ2) is 5.47. The predicted octanol–water partition coefficient (Wildman–Crippen LogP) is 2.65. The molecule has 0 rings (SSSR count). The number of rotatable bonds is 3. The summed E-state index contributed by atoms with van der Waals surface area (Å²) in [4.78, 5) is 10.3. The molecule has 0 heterocycles. The molecule has 0 aliphatic heterocycles. The molecule has 0 spiro atoms. The van der Waals surface area contributed by atoms with Crippen LogP contribution in [0.3, 0.4) is 0 Å². The fourth-order valence-corrected chi connectivity index (χ4v) is 0.753. The number of hydrogen-bond donors (Lipinski definition) is 1. The van der Waals surface area contributed by atoms with Crippen LogP contribution < -0.4 is 0 Å². The molecule has 0 radical (unpaired) electrons. The van der Waals surface area contributed by atoms with E-state index in [9.17, 15) is 4.79 Å². The Balaban J connectivity index is 4.29. The predicted molar refractivity (Wildman–Crippen MR) is 50.5 cm³/mol. The molecule has 1 atom stereocenters. The maximum atomic E-state index is 10.3. The minimum atomic E-state index is -1.27. The van der Waals surface area contributed by atoms with Crippen molar-refractivity contribution in [3.05, 3.63) is 0 Å². The van der Waals surface area contributed by atoms with Gasteiger partial charge < -0.3 is 9.84 Å². The van der Waals surface area contributed by atoms with Crippen LogP contribution in [-0.2, 0) is 4.74 Å². The Morgan fingerprint density at radius 2 is 2.15 bits per heavy atom. The van der Waals surface area contributed by atoms with E-state index in [2.05, 4.69) is 16.6 Å². The molecule has 0 aromatic heterocycles. The van der Waals surface area contributed by atoms with Crippen LogP contribution in [0.1, 0.15) is 40.0 Å². The number of carboxylic acid groups (broad SMARTS) is 1. The van der Waals surface area contributed by atoms with E-state index in [-0.39, 0.29) is 0 Å². The third kappa shape index (κ3) is 5.13. The first-order valence-corrected chi connectivity index (χ1v) is 4.46. The van der Waals surface area contributed by atoms with Gasteiger partial charge in [-0.3, -0.25) is 0 Å². The second-order valence-corrected chi connectivity index (χ2v) is 3.00. The van der Waals surface area contributed by atoms with Gasteiger partial charge in [-0.1, -0.05) is 25.7 Å². The van der Waals surface area contributed by atoms with Gasteiger partial charge in [0.2, 0.25) is 0 Å². The maximum Gasteiger partial charge on any atom is 0.507 e. The first-order chi connectivity index (χ1) is 6.04. The Bertz CT molecular complexity index is 224. The van der Waals surface area contributed by atoms with Crippen molar-refractivity contribution in [3.63, 3.8) is 0 Å². The molecule has 74 valence electrons. The van der Waals surface area contributed by atoms with Crippen LogP contribution in [0.2, 0.25) is 0 Å². The summed E-state index contributed by atoms with van der Waals surface area (Å²) >= 11 is 0. The highest BCUT2D eigenvalue weighted by Crippen LogP contribution is 2.13. The standard InChI is InChI=1S/C10H16O3/c1-4-6-7-8-10(3,5-2)13-9(11)12/h4-6H2,1-3H3,(H,11,12). The number of carbonyl (C=O) groups is 1. The Kier molecular flexibility index (Phi) is 4.98. The molecule has 0 bridgehead atoms. The van der Waals surface area contributed by atoms with Gasteiger partial charge in [-0.2, -0.15) is 0 Å². The molecule has 0 amide bonds. The first kappa shape index (κ1) is 11.8. The van der Waals surface area contributed by atoms with Gasteiger partial charge in [0.15, 0.2) is 5.60 Å². The smallest absolute Gasteiger partial charge is 0.450 e. The minimum absolute atomic E-state index is 0.565. The molecular weight excluding hydrogens is 168 g/mol. The lowest BCUT2D eigenvalue weighted by Gasteiger charge is -2.19. The molecule has 1 N–H and O–H groups in total. The van der Waals surface area contributed by atoms with Gasteiger partial charge in [-0.05, 0) is 19.8 Å². The lowest BCUT2D eigenvalue weighted by atomic mass is 10.0. The molecule has 0 aliphatic carbocycles. The summed E-state index contributed by atoms with van der Waals surface area (Å²) in [6, 6.07) is 0. The Labute approximate surface area is 79.1 Å². The van der Waals surface area contributed by atoms with E-state index in [1.54, 1.807) is 6.92 Å². The number of hydrogen-bond acceptors (Lipinski definition) is 2. The van der Waals surface area contributed by atoms with E-state index in [0.29, 0.717) is 6.42 Å². The normalized spacial score (nSPS) is 13.8. The van der Waals surface area contributed by atoms with E-state index in [1.807, 2.05) is 13.8 Å². The van der Waals surface area contributed by atoms with Gasteiger partial charge in [0, 0.05) is 6.42 Å². The maximum absolute atomic E-state index is 10.3. The average Bonchev–Trinajstić information content (AvgIpc) is 2.04. The molecule has 13 heavy (non-hydrogen) atoms. The summed E-state index contributed by atoms with van der Waals surface area (Å²) in [7, 11) is 0. The summed E-state index contributed by atoms with van der Waals surface area (Å²) in [6.07, 6.45) is 1.05. The van der Waals surface area contributed by atoms with Gasteiger partial charge in [0.25, 0.3) is 0 Å². The molecule has 0 aromatic carbocycles. The fourth-order valence-electron chi connectivity index (χ4n) is 0.753. The SMILES string of the molecule is CCCC#CC(C)(CC)OC(=O)O. The monoisotopic (exact) mass is 184 g/mol. The molecule has 1 unspecified atom stereocenters. The van der Waals surface area contributed by atoms with E-state index < -0.39 is 11.8 Å². The summed E-state index contributed by atoms with van der Waals surface area (Å²) in [6.45, 7) is 5.56. The third-order valence-electron chi connectivity index (χ3n) is 1.72. The highest BCUT2D eigenvalue weighted by molar-refractivity contribution is 5.58. The molecule has 0 aromatic rings. The van der Waals surface area contributed by atoms with E-state index in [4.69, 9.17) is 5.11 Å². The lowest BCUT2D eigenvalue weighted by Crippen LogP contribution is -2.28. The molecule has 0 aliphatic rings. The molecule has 0 fully saturated rings. The van der Waals surface area contributed by atoms with Crippen molar-refractivity contribution in [2.45, 2.75) is 45.6 Å². The Morgan fingerprint density at radius 3 is 2.54 bits per heavy atom. The van der Waals surface area contributed by atoms with Crippen LogP contribution in [-0.4, -0.2) is 16.9 Å². The van der Waals surface area contributed by atoms with Crippen LogP contribution in [0.5, 0.6) is 0 Å². The van der Waals surface area contributed by atoms with Gasteiger partial charge >= 0.3 is 6.16 Å². The van der Waals surface area contributed by atoms with Crippen LogP contribution in [0.4, 0.5) is 4.79 Å². The van der Waals surface area contributed by atoms with Crippen molar-refractivity contribution < 1.29 is 14.6 Å². The number of unbranched alkanes of at least 4 members (excludes halogenated alkanes) is 1. The number of ether oxygens (including phenoxy) is 1. The van der Waals surface area contributed by atoms with Crippen LogP contribution in [0, 0.1) is 11.8 Å². The second-order valence-electron chi connectivity index (χ2n) is 3.00. The third-order valence-corrected chi connectivity index (χ3v) is 1.72. The van der Waals surface area contributed by atoms with E-state index in [0.717, 1.165) is 12.8 Å². The molecule has 0 saturated carbocycles. The molecule has 3 nitrogen and oxygen atoms in total. The zero-order chi connectivity index (χ0) is 10.3. The highest BCUT2D eigenvalue weighted by Gasteiger charge is 2.23. The van der Waals surface area contributed by atoms with E-state index in [1.165, 1.54) is 0 Å². The summed E-state index contributed by atoms with van der Waals surface area (Å²) in [5.74, 6) is 5.72. The van der Waals surface area contributed by atoms with Crippen molar-refractivity contribution in [2.75, 3.05) is 0 Å². The largest absolute Gasteiger partial charge is 0.507 e. The quantitative estimate of drug-likeness (QED) is 0.541. The molecule has 0 saturated heterocycles. The van der Waals surface area contributed by atoms with Crippen LogP contribution in [0.15, 0.2) is 0 Å². The highest BCUT2D eigenvalue weighted by atomic mass is 16.7. The molecule has 3 heteroatoms. The summed E-state index contributed by atoms with van der Waals surface area (Å²) in [5.41, 5.74) is -0.846. The topological polar surface area (TPSA) is 46.5 Å². The fraction of sp³-hybridized carbons (Fsp3) is 0.700. The van der Waals surface area contributed by atoms with E-state index >= 15 is 0 Å². The molecular formula is C10H16O3. The zero-order valence-electron chi connectivity index (χ0n) is 8.39. The van der Waals surface area contributed by atoms with Crippen LogP contribution in [0.25, 0.3) is 0 Å². The average molecular weight is 184 g/mol. The van der Waals surface area contributed by atoms with Gasteiger partial charge in [-0.15, -0.1) is 0 Å². The van der Waals surface area contributed by atoms with Crippen LogP contribution >= 0.6 is 0 Å². The lowest BCUT2D eigenvalue weighted by molar-refractivity contribution is 0.0241. The minimum Gasteiger partial charge on any atom is -0.450 e. The van der Waals surface area contributed by atoms with Crippen molar-refractivity contribution in [1.82, 2.24) is 0 Å². The Morgan fingerprint density at radius 1 is 1.54 bits per heavy atom. The van der Waals surface area contributed by atoms with Gasteiger partial charge in [-0.25, -0.2) is 4.79 Å². The van der Waals surface area contributed by atoms with Gasteiger partial charge in [0.05, 0.1) is 0 Å². The summed E-state index contributed by atoms with van der Waals surface area (Å²) < 4.78 is 4.68. The van der Waals surface area contributed by atoms with Gasteiger partial charge in [0.1, 0.15) is 0 Å². The summed E-state index contributed by atoms with van der Waals surface area (Å²) in [5, 5.41) is 8.45. The first-order valence-electron chi connectivity index (χ1n) is 4.46. The zero-order valence-corrected chi connectivity index (χ0v) is 8.39. The van der Waals surface area contributed by atoms with Crippen molar-refractivity contribution in [3.8, 4) is 11.8 Å². The van der Waals surface area contributed by atoms with Crippen molar-refractivity contribution in [2.24, 2.45) is 0 Å².